The molecule has 1 atom stereocenters. The molecule has 128 valence electrons. The summed E-state index contributed by atoms with van der Waals surface area (Å²) in [7, 11) is 0. The molecule has 1 fully saturated rings. The summed E-state index contributed by atoms with van der Waals surface area (Å²) in [6, 6.07) is 6.70. The van der Waals surface area contributed by atoms with Crippen molar-refractivity contribution in [1.29, 1.82) is 0 Å². The molecular formula is C17H21N3O3S. The van der Waals surface area contributed by atoms with Crippen LogP contribution in [0.15, 0.2) is 35.6 Å². The van der Waals surface area contributed by atoms with Gasteiger partial charge in [-0.15, -0.1) is 0 Å². The van der Waals surface area contributed by atoms with Crippen molar-refractivity contribution >= 4 is 17.4 Å². The molecule has 1 unspecified atom stereocenters. The summed E-state index contributed by atoms with van der Waals surface area (Å²) in [6.45, 7) is 4.31. The van der Waals surface area contributed by atoms with E-state index in [0.29, 0.717) is 23.3 Å². The molecule has 2 aromatic rings. The Labute approximate surface area is 145 Å². The van der Waals surface area contributed by atoms with Crippen LogP contribution in [0.5, 0.6) is 0 Å². The molecule has 0 aliphatic heterocycles. The Hall–Kier alpha value is -1.86. The second-order valence-electron chi connectivity index (χ2n) is 6.40. The number of aliphatic hydroxyl groups is 1. The van der Waals surface area contributed by atoms with Gasteiger partial charge in [-0.25, -0.2) is 4.98 Å². The number of aliphatic hydroxyl groups excluding tert-OH is 1. The first-order valence-corrected chi connectivity index (χ1v) is 9.08. The van der Waals surface area contributed by atoms with E-state index in [0.717, 1.165) is 5.16 Å². The number of benzene rings is 1. The van der Waals surface area contributed by atoms with Crippen LogP contribution in [0.4, 0.5) is 5.69 Å². The summed E-state index contributed by atoms with van der Waals surface area (Å²) in [5.41, 5.74) is 1.79. The van der Waals surface area contributed by atoms with Gasteiger partial charge in [0.2, 0.25) is 0 Å². The predicted molar refractivity (Wildman–Crippen MR) is 93.4 cm³/mol. The highest BCUT2D eigenvalue weighted by Gasteiger charge is 2.29. The van der Waals surface area contributed by atoms with Gasteiger partial charge in [0, 0.05) is 35.8 Å². The van der Waals surface area contributed by atoms with Crippen LogP contribution in [0.1, 0.15) is 56.0 Å². The molecule has 0 saturated heterocycles. The normalized spacial score (nSPS) is 15.7. The third-order valence-electron chi connectivity index (χ3n) is 4.13. The quantitative estimate of drug-likeness (QED) is 0.464. The number of hydrogen-bond donors (Lipinski definition) is 1. The van der Waals surface area contributed by atoms with Crippen molar-refractivity contribution in [3.63, 3.8) is 0 Å². The average Bonchev–Trinajstić information content (AvgIpc) is 3.31. The number of hydrogen-bond acceptors (Lipinski definition) is 5. The molecule has 0 amide bonds. The number of non-ortho nitro benzene ring substituents is 1. The van der Waals surface area contributed by atoms with Gasteiger partial charge in [0.05, 0.1) is 11.0 Å². The lowest BCUT2D eigenvalue weighted by atomic mass is 10.1. The highest BCUT2D eigenvalue weighted by atomic mass is 32.2. The lowest BCUT2D eigenvalue weighted by Crippen LogP contribution is -2.06. The number of nitro benzene ring substituents is 1. The topological polar surface area (TPSA) is 81.2 Å². The molecule has 1 aromatic heterocycles. The van der Waals surface area contributed by atoms with Crippen molar-refractivity contribution in [2.45, 2.75) is 49.9 Å². The van der Waals surface area contributed by atoms with Crippen molar-refractivity contribution < 1.29 is 10.0 Å². The van der Waals surface area contributed by atoms with Crippen molar-refractivity contribution in [3.05, 3.63) is 51.8 Å². The van der Waals surface area contributed by atoms with E-state index in [9.17, 15) is 15.2 Å². The van der Waals surface area contributed by atoms with Crippen LogP contribution in [0.25, 0.3) is 0 Å². The van der Waals surface area contributed by atoms with E-state index >= 15 is 0 Å². The van der Waals surface area contributed by atoms with Crippen LogP contribution in [0, 0.1) is 10.1 Å². The molecule has 0 bridgehead atoms. The Balaban J connectivity index is 1.72. The molecule has 1 aliphatic rings. The second kappa shape index (κ2) is 6.94. The van der Waals surface area contributed by atoms with E-state index in [1.807, 2.05) is 6.20 Å². The molecule has 0 radical (unpaired) electrons. The van der Waals surface area contributed by atoms with Gasteiger partial charge in [0.1, 0.15) is 0 Å². The molecule has 6 nitrogen and oxygen atoms in total. The fourth-order valence-electron chi connectivity index (χ4n) is 2.69. The van der Waals surface area contributed by atoms with Gasteiger partial charge in [-0.05, 0) is 24.3 Å². The third-order valence-corrected chi connectivity index (χ3v) is 5.17. The summed E-state index contributed by atoms with van der Waals surface area (Å²) in [5.74, 6) is 0.830. The first kappa shape index (κ1) is 17.0. The molecular weight excluding hydrogens is 326 g/mol. The Morgan fingerprint density at radius 2 is 2.21 bits per heavy atom. The van der Waals surface area contributed by atoms with E-state index in [4.69, 9.17) is 0 Å². The second-order valence-corrected chi connectivity index (χ2v) is 7.39. The molecule has 1 N–H and O–H groups in total. The van der Waals surface area contributed by atoms with E-state index < -0.39 is 11.0 Å². The van der Waals surface area contributed by atoms with E-state index in [1.165, 1.54) is 42.4 Å². The monoisotopic (exact) mass is 347 g/mol. The highest BCUT2D eigenvalue weighted by Crippen LogP contribution is 2.41. The fourth-order valence-corrected chi connectivity index (χ4v) is 3.71. The molecule has 7 heteroatoms. The summed E-state index contributed by atoms with van der Waals surface area (Å²) in [4.78, 5) is 14.9. The van der Waals surface area contributed by atoms with Gasteiger partial charge < -0.3 is 9.67 Å². The third kappa shape index (κ3) is 3.62. The number of rotatable bonds is 7. The van der Waals surface area contributed by atoms with Crippen molar-refractivity contribution in [2.75, 3.05) is 5.75 Å². The predicted octanol–water partition coefficient (Wildman–Crippen LogP) is 4.08. The minimum atomic E-state index is -0.762. The molecule has 1 aromatic carbocycles. The lowest BCUT2D eigenvalue weighted by molar-refractivity contribution is -0.385. The number of nitrogens with zero attached hydrogens (tertiary/aromatic N) is 3. The zero-order chi connectivity index (χ0) is 17.3. The van der Waals surface area contributed by atoms with Crippen LogP contribution in [-0.4, -0.2) is 25.3 Å². The van der Waals surface area contributed by atoms with Gasteiger partial charge >= 0.3 is 0 Å². The highest BCUT2D eigenvalue weighted by molar-refractivity contribution is 7.99. The fraction of sp³-hybridized carbons (Fsp3) is 0.471. The molecule has 1 aliphatic carbocycles. The summed E-state index contributed by atoms with van der Waals surface area (Å²) in [6.07, 6.45) is 3.51. The zero-order valence-corrected chi connectivity index (χ0v) is 14.6. The van der Waals surface area contributed by atoms with Crippen LogP contribution < -0.4 is 0 Å². The van der Waals surface area contributed by atoms with Gasteiger partial charge in [-0.2, -0.15) is 0 Å². The van der Waals surface area contributed by atoms with Crippen LogP contribution in [0.2, 0.25) is 0 Å². The summed E-state index contributed by atoms with van der Waals surface area (Å²) < 4.78 is 2.29. The van der Waals surface area contributed by atoms with E-state index in [1.54, 1.807) is 12.1 Å². The van der Waals surface area contributed by atoms with Crippen LogP contribution in [-0.2, 0) is 0 Å². The Kier molecular flexibility index (Phi) is 4.91. The van der Waals surface area contributed by atoms with E-state index in [2.05, 4.69) is 23.4 Å². The maximum atomic E-state index is 10.9. The molecule has 3 rings (SSSR count). The average molecular weight is 347 g/mol. The Bertz CT molecular complexity index is 740. The minimum Gasteiger partial charge on any atom is -0.388 e. The number of nitro groups is 1. The molecule has 24 heavy (non-hydrogen) atoms. The first-order valence-electron chi connectivity index (χ1n) is 8.09. The van der Waals surface area contributed by atoms with Gasteiger partial charge in [-0.3, -0.25) is 10.1 Å². The molecule has 0 spiro atoms. The Morgan fingerprint density at radius 1 is 1.46 bits per heavy atom. The largest absolute Gasteiger partial charge is 0.388 e. The van der Waals surface area contributed by atoms with Gasteiger partial charge in [0.25, 0.3) is 5.69 Å². The van der Waals surface area contributed by atoms with E-state index in [-0.39, 0.29) is 5.69 Å². The molecule has 1 heterocycles. The van der Waals surface area contributed by atoms with Crippen molar-refractivity contribution in [1.82, 2.24) is 9.55 Å². The maximum Gasteiger partial charge on any atom is 0.269 e. The SMILES string of the molecule is CC(C)c1cnc(SCC(O)c2cccc([N+](=O)[O-])c2)n1C1CC1. The maximum absolute atomic E-state index is 10.9. The van der Waals surface area contributed by atoms with Crippen LogP contribution in [0.3, 0.4) is 0 Å². The van der Waals surface area contributed by atoms with Gasteiger partial charge in [0.15, 0.2) is 5.16 Å². The standard InChI is InChI=1S/C17H21N3O3S/c1-11(2)15-9-18-17(19(15)13-6-7-13)24-10-16(21)12-4-3-5-14(8-12)20(22)23/h3-5,8-9,11,13,16,21H,6-7,10H2,1-2H3. The molecule has 1 saturated carbocycles. The van der Waals surface area contributed by atoms with Crippen molar-refractivity contribution in [2.24, 2.45) is 0 Å². The zero-order valence-electron chi connectivity index (χ0n) is 13.8. The number of imidazole rings is 1. The lowest BCUT2D eigenvalue weighted by Gasteiger charge is -2.14. The minimum absolute atomic E-state index is 0.00174. The van der Waals surface area contributed by atoms with Crippen molar-refractivity contribution in [3.8, 4) is 0 Å². The number of aromatic nitrogens is 2. The van der Waals surface area contributed by atoms with Gasteiger partial charge in [-0.1, -0.05) is 37.7 Å². The number of thioether (sulfide) groups is 1. The Morgan fingerprint density at radius 3 is 2.83 bits per heavy atom. The summed E-state index contributed by atoms with van der Waals surface area (Å²) in [5, 5.41) is 22.1. The first-order chi connectivity index (χ1) is 11.5. The summed E-state index contributed by atoms with van der Waals surface area (Å²) >= 11 is 1.50. The van der Waals surface area contributed by atoms with Crippen LogP contribution >= 0.6 is 11.8 Å². The smallest absolute Gasteiger partial charge is 0.269 e.